The van der Waals surface area contributed by atoms with Crippen LogP contribution in [0.2, 0.25) is 0 Å². The number of ether oxygens (including phenoxy) is 4. The van der Waals surface area contributed by atoms with Crippen molar-refractivity contribution in [1.82, 2.24) is 10.6 Å². The van der Waals surface area contributed by atoms with Crippen molar-refractivity contribution >= 4 is 11.9 Å². The Kier molecular flexibility index (Phi) is 12.1. The Hall–Kier alpha value is -1.90. The van der Waals surface area contributed by atoms with Gasteiger partial charge in [-0.3, -0.25) is 4.79 Å². The Morgan fingerprint density at radius 3 is 2.13 bits per heavy atom. The molecular weight excluding hydrogens is 622 g/mol. The van der Waals surface area contributed by atoms with Crippen LogP contribution in [0.3, 0.4) is 0 Å². The lowest BCUT2D eigenvalue weighted by Crippen LogP contribution is -2.69. The van der Waals surface area contributed by atoms with Gasteiger partial charge in [0, 0.05) is 25.6 Å². The first kappa shape index (κ1) is 36.9. The van der Waals surface area contributed by atoms with E-state index < -0.39 is 116 Å². The van der Waals surface area contributed by atoms with Gasteiger partial charge in [0.2, 0.25) is 0 Å². The number of hydrogen-bond acceptors (Lipinski definition) is 18. The van der Waals surface area contributed by atoms with Crippen LogP contribution in [0.15, 0.2) is 4.99 Å². The van der Waals surface area contributed by atoms with Crippen LogP contribution >= 0.6 is 0 Å². The number of carbonyl (C=O) groups excluding carboxylic acids is 1. The van der Waals surface area contributed by atoms with Gasteiger partial charge in [-0.25, -0.2) is 4.99 Å². The van der Waals surface area contributed by atoms with Crippen LogP contribution in [0.1, 0.15) is 12.8 Å². The van der Waals surface area contributed by atoms with E-state index in [9.17, 15) is 45.6 Å². The fraction of sp³-hybridized carbons (Fsp3) is 0.920. The molecule has 266 valence electrons. The van der Waals surface area contributed by atoms with E-state index in [4.69, 9.17) is 47.0 Å². The van der Waals surface area contributed by atoms with Crippen molar-refractivity contribution in [1.29, 1.82) is 0 Å². The van der Waals surface area contributed by atoms with Crippen LogP contribution in [0.4, 0.5) is 0 Å². The number of nitrogens with one attached hydrogen (secondary N) is 2. The molecular formula is C25H47N7O14. The zero-order chi connectivity index (χ0) is 34.1. The van der Waals surface area contributed by atoms with E-state index in [1.54, 1.807) is 0 Å². The zero-order valence-electron chi connectivity index (χ0n) is 24.8. The van der Waals surface area contributed by atoms with E-state index in [-0.39, 0.29) is 38.5 Å². The van der Waals surface area contributed by atoms with Gasteiger partial charge in [0.05, 0.1) is 31.3 Å². The predicted molar refractivity (Wildman–Crippen MR) is 152 cm³/mol. The first-order valence-electron chi connectivity index (χ1n) is 14.9. The third-order valence-electron chi connectivity index (χ3n) is 8.75. The molecule has 2 heterocycles. The fourth-order valence-corrected chi connectivity index (χ4v) is 5.90. The second-order valence-corrected chi connectivity index (χ2v) is 12.1. The minimum Gasteiger partial charge on any atom is -0.395 e. The van der Waals surface area contributed by atoms with Gasteiger partial charge in [-0.2, -0.15) is 0 Å². The monoisotopic (exact) mass is 669 g/mol. The van der Waals surface area contributed by atoms with Gasteiger partial charge in [0.1, 0.15) is 61.0 Å². The number of guanidine groups is 1. The van der Waals surface area contributed by atoms with Crippen LogP contribution in [-0.2, 0) is 23.7 Å². The number of carbonyl (C=O) groups is 1. The molecule has 0 aromatic heterocycles. The van der Waals surface area contributed by atoms with Gasteiger partial charge in [-0.05, 0) is 6.42 Å². The van der Waals surface area contributed by atoms with E-state index in [0.717, 1.165) is 0 Å². The third kappa shape index (κ3) is 7.70. The lowest BCUT2D eigenvalue weighted by molar-refractivity contribution is -0.333. The summed E-state index contributed by atoms with van der Waals surface area (Å²) < 4.78 is 22.9. The summed E-state index contributed by atoms with van der Waals surface area (Å²) >= 11 is 0. The van der Waals surface area contributed by atoms with Gasteiger partial charge in [-0.15, -0.1) is 0 Å². The maximum Gasteiger partial charge on any atom is 0.254 e. The topological polar surface area (TPSA) is 377 Å². The number of nitrogens with two attached hydrogens (primary N) is 4. The summed E-state index contributed by atoms with van der Waals surface area (Å²) in [7, 11) is 0. The number of aliphatic hydroxyl groups is 9. The summed E-state index contributed by atoms with van der Waals surface area (Å²) in [4.78, 5) is 16.9. The Labute approximate surface area is 263 Å². The average molecular weight is 670 g/mol. The fourth-order valence-electron chi connectivity index (χ4n) is 5.90. The van der Waals surface area contributed by atoms with Gasteiger partial charge < -0.3 is 98.5 Å². The van der Waals surface area contributed by atoms with Crippen LogP contribution < -0.4 is 33.6 Å². The highest BCUT2D eigenvalue weighted by atomic mass is 16.7. The molecule has 19 N–H and O–H groups in total. The summed E-state index contributed by atoms with van der Waals surface area (Å²) in [6, 6.07) is -4.58. The summed E-state index contributed by atoms with van der Waals surface area (Å²) in [6.45, 7) is -0.831. The Morgan fingerprint density at radius 1 is 0.870 bits per heavy atom. The highest BCUT2D eigenvalue weighted by molar-refractivity contribution is 5.90. The molecule has 2 saturated heterocycles. The molecule has 2 saturated carbocycles. The molecule has 1 amide bonds. The standard InChI is InChI=1S/C25H47N7O14/c26-7-3-8(31-23(41)25(42)4-11(25)32-24(28)29)20(46-21-15(37)12(27)13(35)10(6-34)44-21)18(40)19(7)45-22-17(39)16(38)14(36)9(43-22)5-30-1-2-33/h7-22,30,33-40,42H,1-6,26-27H2,(H,31,41)(H4,28,29,32)/t7-,8+,9+,10+,11?,12-,13+,14+,15+,16-,17+,18-,19?,20-,21+,22+,25?/m0/s1. The average Bonchev–Trinajstić information content (AvgIpc) is 3.66. The van der Waals surface area contributed by atoms with Crippen molar-refractivity contribution in [2.45, 2.75) is 116 Å². The molecule has 4 rings (SSSR count). The molecule has 0 bridgehead atoms. The summed E-state index contributed by atoms with van der Waals surface area (Å²) in [5.74, 6) is -1.27. The molecule has 3 unspecified atom stereocenters. The molecule has 21 nitrogen and oxygen atoms in total. The highest BCUT2D eigenvalue weighted by Crippen LogP contribution is 2.40. The second-order valence-electron chi connectivity index (χ2n) is 12.1. The molecule has 4 fully saturated rings. The SMILES string of the molecule is NC(N)=NC1CC1(O)C(=O)N[C@@H]1C[C@H](N)C(O[C@H]2O[C@H](CNCCO)[C@@H](O)[C@H](O)[C@H]2O)[C@H](O)[C@H]1O[C@H]1O[C@H](CO)[C@@H](O)[C@H](N)[C@H]1O. The molecule has 2 aliphatic heterocycles. The van der Waals surface area contributed by atoms with Gasteiger partial charge in [-0.1, -0.05) is 0 Å². The second kappa shape index (κ2) is 15.1. The minimum atomic E-state index is -1.98. The molecule has 17 atom stereocenters. The molecule has 0 aromatic rings. The van der Waals surface area contributed by atoms with Crippen LogP contribution in [0.5, 0.6) is 0 Å². The van der Waals surface area contributed by atoms with Crippen molar-refractivity contribution in [2.75, 3.05) is 26.3 Å². The van der Waals surface area contributed by atoms with E-state index >= 15 is 0 Å². The first-order chi connectivity index (χ1) is 21.6. The van der Waals surface area contributed by atoms with E-state index in [1.807, 2.05) is 0 Å². The number of amides is 1. The smallest absolute Gasteiger partial charge is 0.254 e. The lowest BCUT2D eigenvalue weighted by atomic mass is 9.83. The quantitative estimate of drug-likeness (QED) is 0.0521. The number of rotatable bonds is 12. The number of hydrogen-bond donors (Lipinski definition) is 15. The number of aliphatic imine (C=N–C) groups is 1. The largest absolute Gasteiger partial charge is 0.395 e. The van der Waals surface area contributed by atoms with Crippen molar-refractivity contribution in [3.8, 4) is 0 Å². The van der Waals surface area contributed by atoms with Crippen molar-refractivity contribution in [3.05, 3.63) is 0 Å². The molecule has 46 heavy (non-hydrogen) atoms. The molecule has 21 heteroatoms. The van der Waals surface area contributed by atoms with E-state index in [2.05, 4.69) is 15.6 Å². The lowest BCUT2D eigenvalue weighted by Gasteiger charge is -2.49. The Bertz CT molecular complexity index is 1060. The first-order valence-corrected chi connectivity index (χ1v) is 14.9. The van der Waals surface area contributed by atoms with Crippen molar-refractivity contribution < 1.29 is 69.7 Å². The number of aliphatic hydroxyl groups excluding tert-OH is 8. The molecule has 2 aliphatic carbocycles. The van der Waals surface area contributed by atoms with Crippen LogP contribution in [0.25, 0.3) is 0 Å². The summed E-state index contributed by atoms with van der Waals surface area (Å²) in [5.41, 5.74) is 21.0. The van der Waals surface area contributed by atoms with Gasteiger partial charge >= 0.3 is 0 Å². The van der Waals surface area contributed by atoms with E-state index in [1.165, 1.54) is 0 Å². The maximum absolute atomic E-state index is 13.1. The van der Waals surface area contributed by atoms with Gasteiger partial charge in [0.15, 0.2) is 24.1 Å². The Balaban J connectivity index is 1.56. The summed E-state index contributed by atoms with van der Waals surface area (Å²) in [6.07, 6.45) is -19.0. The molecule has 0 spiro atoms. The summed E-state index contributed by atoms with van der Waals surface area (Å²) in [5, 5.41) is 98.7. The molecule has 0 aromatic carbocycles. The highest BCUT2D eigenvalue weighted by Gasteiger charge is 2.61. The number of nitrogens with zero attached hydrogens (tertiary/aromatic N) is 1. The molecule has 0 radical (unpaired) electrons. The third-order valence-corrected chi connectivity index (χ3v) is 8.75. The minimum absolute atomic E-state index is 0.0523. The van der Waals surface area contributed by atoms with Crippen molar-refractivity contribution in [3.63, 3.8) is 0 Å². The zero-order valence-corrected chi connectivity index (χ0v) is 24.8. The van der Waals surface area contributed by atoms with Gasteiger partial charge in [0.25, 0.3) is 5.91 Å². The van der Waals surface area contributed by atoms with Crippen LogP contribution in [-0.4, -0.2) is 188 Å². The predicted octanol–water partition coefficient (Wildman–Crippen LogP) is -9.73. The Morgan fingerprint density at radius 2 is 1.50 bits per heavy atom. The maximum atomic E-state index is 13.1. The normalized spacial score (nSPS) is 47.6. The van der Waals surface area contributed by atoms with Crippen molar-refractivity contribution in [2.24, 2.45) is 27.9 Å². The molecule has 4 aliphatic rings. The van der Waals surface area contributed by atoms with E-state index in [0.29, 0.717) is 0 Å². The van der Waals surface area contributed by atoms with Crippen LogP contribution in [0, 0.1) is 0 Å².